The van der Waals surface area contributed by atoms with Crippen molar-refractivity contribution in [1.29, 1.82) is 0 Å². The second-order valence-electron chi connectivity index (χ2n) is 4.60. The van der Waals surface area contributed by atoms with Crippen molar-refractivity contribution in [2.24, 2.45) is 0 Å². The van der Waals surface area contributed by atoms with Crippen LogP contribution in [0, 0.1) is 20.8 Å². The highest BCUT2D eigenvalue weighted by molar-refractivity contribution is 9.10. The third kappa shape index (κ3) is 2.52. The van der Waals surface area contributed by atoms with E-state index in [1.807, 2.05) is 20.9 Å². The Hall–Kier alpha value is -1.06. The Morgan fingerprint density at radius 3 is 2.39 bits per heavy atom. The van der Waals surface area contributed by atoms with E-state index in [1.54, 1.807) is 0 Å². The molecule has 2 nitrogen and oxygen atoms in total. The Balaban J connectivity index is 2.45. The van der Waals surface area contributed by atoms with Crippen LogP contribution >= 0.6 is 15.9 Å². The number of hydrogen-bond acceptors (Lipinski definition) is 2. The monoisotopic (exact) mass is 307 g/mol. The second-order valence-corrected chi connectivity index (χ2v) is 5.45. The minimum Gasteiger partial charge on any atom is -0.466 e. The van der Waals surface area contributed by atoms with Gasteiger partial charge in [0.2, 0.25) is 0 Å². The Morgan fingerprint density at radius 1 is 1.17 bits per heavy atom. The lowest BCUT2D eigenvalue weighted by molar-refractivity contribution is 0.497. The largest absolute Gasteiger partial charge is 0.466 e. The molecule has 2 aromatic rings. The Morgan fingerprint density at radius 2 is 1.89 bits per heavy atom. The van der Waals surface area contributed by atoms with E-state index in [4.69, 9.17) is 4.42 Å². The fraction of sp³-hybridized carbons (Fsp3) is 0.333. The molecule has 0 bridgehead atoms. The molecule has 0 saturated carbocycles. The van der Waals surface area contributed by atoms with Crippen LogP contribution in [0.25, 0.3) is 0 Å². The van der Waals surface area contributed by atoms with Crippen LogP contribution in [-0.2, 0) is 0 Å². The van der Waals surface area contributed by atoms with Crippen LogP contribution in [0.3, 0.4) is 0 Å². The lowest BCUT2D eigenvalue weighted by Gasteiger charge is -2.17. The number of halogens is 1. The first-order valence-electron chi connectivity index (χ1n) is 6.03. The molecule has 3 heteroatoms. The summed E-state index contributed by atoms with van der Waals surface area (Å²) in [5.74, 6) is 1.93. The molecular formula is C15H18BrNO. The van der Waals surface area contributed by atoms with E-state index in [-0.39, 0.29) is 6.04 Å². The van der Waals surface area contributed by atoms with E-state index in [9.17, 15) is 0 Å². The molecule has 0 radical (unpaired) electrons. The molecule has 1 aromatic carbocycles. The van der Waals surface area contributed by atoms with Gasteiger partial charge in [0.1, 0.15) is 11.5 Å². The van der Waals surface area contributed by atoms with Crippen LogP contribution in [0.2, 0.25) is 0 Å². The number of aryl methyl sites for hydroxylation is 3. The van der Waals surface area contributed by atoms with Crippen molar-refractivity contribution >= 4 is 15.9 Å². The second kappa shape index (κ2) is 5.29. The first kappa shape index (κ1) is 13.4. The molecule has 0 aliphatic carbocycles. The maximum Gasteiger partial charge on any atom is 0.106 e. The van der Waals surface area contributed by atoms with Crippen LogP contribution in [0.15, 0.2) is 33.2 Å². The summed E-state index contributed by atoms with van der Waals surface area (Å²) in [4.78, 5) is 0. The van der Waals surface area contributed by atoms with Crippen molar-refractivity contribution in [3.63, 3.8) is 0 Å². The van der Waals surface area contributed by atoms with Gasteiger partial charge in [-0.05, 0) is 51.1 Å². The number of rotatable bonds is 3. The summed E-state index contributed by atoms with van der Waals surface area (Å²) in [7, 11) is 1.98. The van der Waals surface area contributed by atoms with Gasteiger partial charge >= 0.3 is 0 Å². The SMILES string of the molecule is CNC(c1ccc(Br)c(C)c1)c1cc(C)oc1C. The summed E-state index contributed by atoms with van der Waals surface area (Å²) in [5.41, 5.74) is 3.70. The molecule has 0 fully saturated rings. The standard InChI is InChI=1S/C15H18BrNO/c1-9-7-12(5-6-14(9)16)15(17-4)13-8-10(2)18-11(13)3/h5-8,15,17H,1-4H3. The van der Waals surface area contributed by atoms with Gasteiger partial charge in [0.05, 0.1) is 6.04 Å². The van der Waals surface area contributed by atoms with Gasteiger partial charge in [-0.25, -0.2) is 0 Å². The molecule has 0 aliphatic heterocycles. The first-order valence-corrected chi connectivity index (χ1v) is 6.82. The Kier molecular flexibility index (Phi) is 3.93. The normalized spacial score (nSPS) is 12.7. The van der Waals surface area contributed by atoms with E-state index in [2.05, 4.69) is 52.4 Å². The molecule has 96 valence electrons. The van der Waals surface area contributed by atoms with E-state index >= 15 is 0 Å². The third-order valence-corrected chi connectivity index (χ3v) is 4.08. The fourth-order valence-corrected chi connectivity index (χ4v) is 2.53. The maximum atomic E-state index is 5.62. The molecular weight excluding hydrogens is 290 g/mol. The van der Waals surface area contributed by atoms with Crippen molar-refractivity contribution in [3.05, 3.63) is 56.9 Å². The van der Waals surface area contributed by atoms with Gasteiger partial charge in [-0.2, -0.15) is 0 Å². The number of nitrogens with one attached hydrogen (secondary N) is 1. The molecule has 1 heterocycles. The lowest BCUT2D eigenvalue weighted by atomic mass is 9.98. The lowest BCUT2D eigenvalue weighted by Crippen LogP contribution is -2.18. The summed E-state index contributed by atoms with van der Waals surface area (Å²) in [6.45, 7) is 6.10. The summed E-state index contributed by atoms with van der Waals surface area (Å²) >= 11 is 3.54. The van der Waals surface area contributed by atoms with E-state index < -0.39 is 0 Å². The predicted octanol–water partition coefficient (Wildman–Crippen LogP) is 4.28. The van der Waals surface area contributed by atoms with Crippen LogP contribution in [0.4, 0.5) is 0 Å². The molecule has 1 unspecified atom stereocenters. The van der Waals surface area contributed by atoms with E-state index in [1.165, 1.54) is 16.7 Å². The molecule has 1 N–H and O–H groups in total. The zero-order valence-corrected chi connectivity index (χ0v) is 12.8. The van der Waals surface area contributed by atoms with Gasteiger partial charge in [-0.15, -0.1) is 0 Å². The van der Waals surface area contributed by atoms with Crippen LogP contribution in [-0.4, -0.2) is 7.05 Å². The highest BCUT2D eigenvalue weighted by Crippen LogP contribution is 2.29. The van der Waals surface area contributed by atoms with E-state index in [0.717, 1.165) is 16.0 Å². The Bertz CT molecular complexity index is 560. The van der Waals surface area contributed by atoms with Crippen molar-refractivity contribution in [3.8, 4) is 0 Å². The molecule has 0 saturated heterocycles. The molecule has 1 aromatic heterocycles. The number of furan rings is 1. The molecule has 0 aliphatic rings. The van der Waals surface area contributed by atoms with Crippen LogP contribution < -0.4 is 5.32 Å². The van der Waals surface area contributed by atoms with Gasteiger partial charge in [-0.1, -0.05) is 28.1 Å². The van der Waals surface area contributed by atoms with Crippen molar-refractivity contribution in [2.75, 3.05) is 7.05 Å². The van der Waals surface area contributed by atoms with E-state index in [0.29, 0.717) is 0 Å². The van der Waals surface area contributed by atoms with Crippen LogP contribution in [0.5, 0.6) is 0 Å². The minimum atomic E-state index is 0.175. The zero-order valence-electron chi connectivity index (χ0n) is 11.2. The van der Waals surface area contributed by atoms with Crippen molar-refractivity contribution in [1.82, 2.24) is 5.32 Å². The topological polar surface area (TPSA) is 25.2 Å². The first-order chi connectivity index (χ1) is 8.52. The average molecular weight is 308 g/mol. The van der Waals surface area contributed by atoms with Gasteiger partial charge in [0, 0.05) is 10.0 Å². The van der Waals surface area contributed by atoms with Gasteiger partial charge in [-0.3, -0.25) is 0 Å². The molecule has 0 spiro atoms. The van der Waals surface area contributed by atoms with Gasteiger partial charge in [0.25, 0.3) is 0 Å². The summed E-state index contributed by atoms with van der Waals surface area (Å²) in [6.07, 6.45) is 0. The fourth-order valence-electron chi connectivity index (χ4n) is 2.29. The summed E-state index contributed by atoms with van der Waals surface area (Å²) in [5, 5.41) is 3.36. The smallest absolute Gasteiger partial charge is 0.106 e. The molecule has 18 heavy (non-hydrogen) atoms. The van der Waals surface area contributed by atoms with Crippen LogP contribution in [0.1, 0.15) is 34.3 Å². The van der Waals surface area contributed by atoms with Gasteiger partial charge in [0.15, 0.2) is 0 Å². The third-order valence-electron chi connectivity index (χ3n) is 3.19. The maximum absolute atomic E-state index is 5.62. The summed E-state index contributed by atoms with van der Waals surface area (Å²) < 4.78 is 6.76. The summed E-state index contributed by atoms with van der Waals surface area (Å²) in [6, 6.07) is 8.72. The zero-order chi connectivity index (χ0) is 13.3. The number of benzene rings is 1. The quantitative estimate of drug-likeness (QED) is 0.915. The highest BCUT2D eigenvalue weighted by Gasteiger charge is 2.17. The number of hydrogen-bond donors (Lipinski definition) is 1. The molecule has 2 rings (SSSR count). The minimum absolute atomic E-state index is 0.175. The highest BCUT2D eigenvalue weighted by atomic mass is 79.9. The molecule has 1 atom stereocenters. The Labute approximate surface area is 117 Å². The molecule has 0 amide bonds. The van der Waals surface area contributed by atoms with Crippen molar-refractivity contribution < 1.29 is 4.42 Å². The average Bonchev–Trinajstić information content (AvgIpc) is 2.64. The predicted molar refractivity (Wildman–Crippen MR) is 78.0 cm³/mol. The van der Waals surface area contributed by atoms with Crippen molar-refractivity contribution in [2.45, 2.75) is 26.8 Å². The van der Waals surface area contributed by atoms with Gasteiger partial charge < -0.3 is 9.73 Å².